The van der Waals surface area contributed by atoms with Crippen LogP contribution in [-0.2, 0) is 0 Å². The molecule has 0 aliphatic heterocycles. The fraction of sp³-hybridized carbons (Fsp3) is 0. The van der Waals surface area contributed by atoms with Crippen molar-refractivity contribution >= 4 is 616 Å². The Morgan fingerprint density at radius 2 is 0.0909 bits per heavy atom. The van der Waals surface area contributed by atoms with Crippen molar-refractivity contribution in [3.63, 3.8) is 0 Å². The summed E-state index contributed by atoms with van der Waals surface area (Å²) in [7, 11) is 0. The summed E-state index contributed by atoms with van der Waals surface area (Å²) in [6, 6.07) is 0. The molecule has 0 nitrogen and oxygen atoms in total. The van der Waals surface area contributed by atoms with Crippen LogP contribution in [0.1, 0.15) is 0 Å². The van der Waals surface area contributed by atoms with Crippen LogP contribution in [0.3, 0.4) is 0 Å². The van der Waals surface area contributed by atoms with Crippen LogP contribution in [-0.4, -0.2) is 591 Å². The minimum absolute atomic E-state index is 0. The van der Waals surface area contributed by atoms with Crippen molar-refractivity contribution in [2.75, 3.05) is 0 Å². The SMILES string of the molecule is Cl.Cl.[NaH].[NaH].[NaH].[NaH].[NaH].[NaH].[NaH].[NaH].[NaH].[NaH].[NaH].[NaH].[NaH].[NaH].[NaH].[NaH].[NaH].[NaH].[NaH].[NaH]. The molecule has 0 aromatic carbocycles. The van der Waals surface area contributed by atoms with E-state index in [1.165, 1.54) is 0 Å². The maximum atomic E-state index is 0. The Morgan fingerprint density at radius 1 is 0.0909 bits per heavy atom. The van der Waals surface area contributed by atoms with Gasteiger partial charge in [0.1, 0.15) is 0 Å². The molecule has 0 fully saturated rings. The normalized spacial score (nSPS) is 0. The monoisotopic (exact) mass is 552 g/mol. The second-order valence-electron chi connectivity index (χ2n) is 0. The van der Waals surface area contributed by atoms with Crippen LogP contribution in [0.25, 0.3) is 0 Å². The molecule has 22 heavy (non-hydrogen) atoms. The van der Waals surface area contributed by atoms with Crippen molar-refractivity contribution < 1.29 is 0 Å². The predicted molar refractivity (Wildman–Crippen MR) is 157 cm³/mol. The van der Waals surface area contributed by atoms with Gasteiger partial charge in [-0.1, -0.05) is 0 Å². The summed E-state index contributed by atoms with van der Waals surface area (Å²) in [6.07, 6.45) is 0. The molecule has 0 N–H and O–H groups in total. The van der Waals surface area contributed by atoms with Crippen molar-refractivity contribution in [2.45, 2.75) is 0 Å². The van der Waals surface area contributed by atoms with Crippen molar-refractivity contribution in [1.29, 1.82) is 0 Å². The van der Waals surface area contributed by atoms with E-state index in [2.05, 4.69) is 0 Å². The number of hydrogen-bond acceptors (Lipinski definition) is 0. The van der Waals surface area contributed by atoms with Gasteiger partial charge in [-0.25, -0.2) is 0 Å². The van der Waals surface area contributed by atoms with Gasteiger partial charge in [0.2, 0.25) is 0 Å². The van der Waals surface area contributed by atoms with Crippen molar-refractivity contribution in [2.24, 2.45) is 0 Å². The molecule has 0 spiro atoms. The van der Waals surface area contributed by atoms with Gasteiger partial charge in [-0.3, -0.25) is 0 Å². The summed E-state index contributed by atoms with van der Waals surface area (Å²) < 4.78 is 0. The van der Waals surface area contributed by atoms with E-state index in [4.69, 9.17) is 0 Å². The summed E-state index contributed by atoms with van der Waals surface area (Å²) in [4.78, 5) is 0. The van der Waals surface area contributed by atoms with E-state index in [1.807, 2.05) is 0 Å². The Labute approximate surface area is 594 Å². The molecule has 0 unspecified atom stereocenters. The summed E-state index contributed by atoms with van der Waals surface area (Å²) in [5.41, 5.74) is 0. The average Bonchev–Trinajstić information content (AvgIpc) is 0. The van der Waals surface area contributed by atoms with Gasteiger partial charge in [0.15, 0.2) is 0 Å². The Hall–Kier alpha value is 20.6. The fourth-order valence-corrected chi connectivity index (χ4v) is 0. The van der Waals surface area contributed by atoms with Crippen LogP contribution < -0.4 is 0 Å². The quantitative estimate of drug-likeness (QED) is 0.262. The van der Waals surface area contributed by atoms with Crippen LogP contribution in [0, 0.1) is 0 Å². The summed E-state index contributed by atoms with van der Waals surface area (Å²) in [6.45, 7) is 0. The van der Waals surface area contributed by atoms with Crippen molar-refractivity contribution in [3.8, 4) is 0 Å². The predicted octanol–water partition coefficient (Wildman–Crippen LogP) is -12.1. The molecule has 0 saturated carbocycles. The molecule has 0 aliphatic carbocycles. The third kappa shape index (κ3) is 150. The van der Waals surface area contributed by atoms with Crippen LogP contribution in [0.2, 0.25) is 0 Å². The molecule has 0 bridgehead atoms. The van der Waals surface area contributed by atoms with E-state index in [9.17, 15) is 0 Å². The van der Waals surface area contributed by atoms with E-state index in [-0.39, 0.29) is 616 Å². The second kappa shape index (κ2) is 162. The van der Waals surface area contributed by atoms with Gasteiger partial charge < -0.3 is 0 Å². The number of hydrogen-bond donors (Lipinski definition) is 0. The van der Waals surface area contributed by atoms with Crippen molar-refractivity contribution in [1.82, 2.24) is 0 Å². The standard InChI is InChI=1S/2ClH.20Na.20H/h2*1H;;;;;;;;;;;;;;;;;;;;;;;;;;;;;;;;;;;;;;;;. The number of halogens is 2. The van der Waals surface area contributed by atoms with Gasteiger partial charge in [-0.15, -0.1) is 24.8 Å². The van der Waals surface area contributed by atoms with Gasteiger partial charge >= 0.3 is 591 Å². The van der Waals surface area contributed by atoms with Gasteiger partial charge in [0.25, 0.3) is 0 Å². The molecule has 56 valence electrons. The van der Waals surface area contributed by atoms with Gasteiger partial charge in [0, 0.05) is 0 Å². The summed E-state index contributed by atoms with van der Waals surface area (Å²) >= 11 is 0. The van der Waals surface area contributed by atoms with E-state index in [1.54, 1.807) is 0 Å². The molecule has 0 aromatic rings. The molecule has 0 heterocycles. The Balaban J connectivity index is 0. The second-order valence-corrected chi connectivity index (χ2v) is 0. The number of rotatable bonds is 0. The van der Waals surface area contributed by atoms with E-state index in [0.29, 0.717) is 0 Å². The Morgan fingerprint density at radius 3 is 0.0909 bits per heavy atom. The first kappa shape index (κ1) is 174. The Bertz CT molecular complexity index is 9.67. The molecule has 22 heteroatoms. The molecule has 0 atom stereocenters. The topological polar surface area (TPSA) is 0 Å². The van der Waals surface area contributed by atoms with Crippen LogP contribution in [0.15, 0.2) is 0 Å². The van der Waals surface area contributed by atoms with Gasteiger partial charge in [0.05, 0.1) is 0 Å². The van der Waals surface area contributed by atoms with Crippen LogP contribution in [0.4, 0.5) is 0 Å². The van der Waals surface area contributed by atoms with Gasteiger partial charge in [-0.05, 0) is 0 Å². The molecule has 0 amide bonds. The summed E-state index contributed by atoms with van der Waals surface area (Å²) in [5.74, 6) is 0. The molecule has 0 aromatic heterocycles. The molecular weight excluding hydrogens is 531 g/mol. The summed E-state index contributed by atoms with van der Waals surface area (Å²) in [5, 5.41) is 0. The molecule has 0 radical (unpaired) electrons. The van der Waals surface area contributed by atoms with E-state index >= 15 is 0 Å². The first-order valence-electron chi connectivity index (χ1n) is 0. The average molecular weight is 553 g/mol. The van der Waals surface area contributed by atoms with E-state index < -0.39 is 0 Å². The minimum atomic E-state index is 0. The first-order valence-corrected chi connectivity index (χ1v) is 0. The zero-order chi connectivity index (χ0) is 0. The molecular formula is H22Cl2Na20. The van der Waals surface area contributed by atoms with Crippen LogP contribution in [0.5, 0.6) is 0 Å². The molecule has 0 saturated heterocycles. The van der Waals surface area contributed by atoms with Crippen LogP contribution >= 0.6 is 24.8 Å². The van der Waals surface area contributed by atoms with E-state index in [0.717, 1.165) is 0 Å². The first-order chi connectivity index (χ1) is 0. The Kier molecular flexibility index (Phi) is 1280. The molecule has 0 aliphatic rings. The molecule has 0 rings (SSSR count). The van der Waals surface area contributed by atoms with Crippen molar-refractivity contribution in [3.05, 3.63) is 0 Å². The third-order valence-corrected chi connectivity index (χ3v) is 0. The fourth-order valence-electron chi connectivity index (χ4n) is 0. The zero-order valence-corrected chi connectivity index (χ0v) is 2.45. The zero-order valence-electron chi connectivity index (χ0n) is 0.816. The van der Waals surface area contributed by atoms with Gasteiger partial charge in [-0.2, -0.15) is 0 Å². The third-order valence-electron chi connectivity index (χ3n) is 0. The maximum absolute atomic E-state index is 0.